The fourth-order valence-electron chi connectivity index (χ4n) is 3.54. The lowest BCUT2D eigenvalue weighted by Gasteiger charge is -2.30. The third kappa shape index (κ3) is 3.86. The topological polar surface area (TPSA) is 73.1 Å². The van der Waals surface area contributed by atoms with Gasteiger partial charge in [0.25, 0.3) is 0 Å². The number of nitrogens with zero attached hydrogens (tertiary/aromatic N) is 4. The van der Waals surface area contributed by atoms with Gasteiger partial charge in [-0.25, -0.2) is 4.39 Å². The van der Waals surface area contributed by atoms with Crippen molar-refractivity contribution in [3.8, 4) is 17.1 Å². The first kappa shape index (κ1) is 18.8. The maximum atomic E-state index is 14.7. The molecule has 0 radical (unpaired) electrons. The number of benzene rings is 1. The summed E-state index contributed by atoms with van der Waals surface area (Å²) in [6, 6.07) is 9.19. The second-order valence-electron chi connectivity index (χ2n) is 7.76. The maximum Gasteiger partial charge on any atom is 0.229 e. The molecule has 1 saturated heterocycles. The van der Waals surface area contributed by atoms with E-state index in [2.05, 4.69) is 15.0 Å². The number of aromatic nitrogens is 3. The van der Waals surface area contributed by atoms with Crippen LogP contribution in [0.2, 0.25) is 0 Å². The van der Waals surface area contributed by atoms with Gasteiger partial charge in [-0.3, -0.25) is 4.90 Å². The average molecular weight is 383 g/mol. The van der Waals surface area contributed by atoms with Gasteiger partial charge >= 0.3 is 0 Å². The summed E-state index contributed by atoms with van der Waals surface area (Å²) in [5, 5.41) is 4.05. The van der Waals surface area contributed by atoms with Gasteiger partial charge in [-0.1, -0.05) is 19.0 Å². The summed E-state index contributed by atoms with van der Waals surface area (Å²) in [4.78, 5) is 6.79. The molecule has 28 heavy (non-hydrogen) atoms. The molecule has 0 saturated carbocycles. The predicted molar refractivity (Wildman–Crippen MR) is 106 cm³/mol. The van der Waals surface area contributed by atoms with Crippen LogP contribution in [0, 0.1) is 5.82 Å². The lowest BCUT2D eigenvalue weighted by atomic mass is 10.1. The van der Waals surface area contributed by atoms with E-state index >= 15 is 0 Å². The Balaban J connectivity index is 1.62. The van der Waals surface area contributed by atoms with E-state index in [-0.39, 0.29) is 11.7 Å². The second-order valence-corrected chi connectivity index (χ2v) is 7.76. The van der Waals surface area contributed by atoms with Crippen molar-refractivity contribution in [1.29, 1.82) is 0 Å². The van der Waals surface area contributed by atoms with Crippen molar-refractivity contribution in [1.82, 2.24) is 19.6 Å². The molecule has 3 heterocycles. The number of nitrogens with two attached hydrogens (primary N) is 1. The van der Waals surface area contributed by atoms with Crippen LogP contribution in [0.4, 0.5) is 4.39 Å². The van der Waals surface area contributed by atoms with Crippen molar-refractivity contribution >= 4 is 0 Å². The lowest BCUT2D eigenvalue weighted by molar-refractivity contribution is 0.202. The maximum absolute atomic E-state index is 14.7. The van der Waals surface area contributed by atoms with Crippen LogP contribution in [0.3, 0.4) is 0 Å². The molecule has 1 fully saturated rings. The fraction of sp³-hybridized carbons (Fsp3) is 0.429. The zero-order chi connectivity index (χ0) is 19.7. The van der Waals surface area contributed by atoms with Crippen LogP contribution in [0.5, 0.6) is 0 Å². The van der Waals surface area contributed by atoms with E-state index in [1.807, 2.05) is 36.7 Å². The smallest absolute Gasteiger partial charge is 0.229 e. The lowest BCUT2D eigenvalue weighted by Crippen LogP contribution is -2.39. The Morgan fingerprint density at radius 2 is 2.04 bits per heavy atom. The Labute approximate surface area is 164 Å². The Morgan fingerprint density at radius 1 is 1.25 bits per heavy atom. The highest BCUT2D eigenvalue weighted by molar-refractivity contribution is 5.59. The number of hydrogen-bond donors (Lipinski definition) is 1. The number of rotatable bonds is 5. The van der Waals surface area contributed by atoms with Crippen LogP contribution in [0.15, 0.2) is 41.1 Å². The molecular weight excluding hydrogens is 357 g/mol. The summed E-state index contributed by atoms with van der Waals surface area (Å²) >= 11 is 0. The van der Waals surface area contributed by atoms with E-state index in [0.717, 1.165) is 43.7 Å². The van der Waals surface area contributed by atoms with Gasteiger partial charge < -0.3 is 14.8 Å². The van der Waals surface area contributed by atoms with Crippen molar-refractivity contribution < 1.29 is 8.91 Å². The molecule has 2 aromatic heterocycles. The molecule has 1 aromatic carbocycles. The quantitative estimate of drug-likeness (QED) is 0.727. The molecule has 6 nitrogen and oxygen atoms in total. The van der Waals surface area contributed by atoms with Gasteiger partial charge in [0.05, 0.1) is 5.69 Å². The number of hydrogen-bond acceptors (Lipinski definition) is 5. The first-order valence-corrected chi connectivity index (χ1v) is 9.79. The molecule has 1 aliphatic rings. The van der Waals surface area contributed by atoms with E-state index in [1.165, 1.54) is 6.07 Å². The Bertz CT molecular complexity index is 940. The van der Waals surface area contributed by atoms with Crippen LogP contribution < -0.4 is 5.73 Å². The van der Waals surface area contributed by atoms with E-state index in [4.69, 9.17) is 10.3 Å². The number of likely N-dealkylation sites (tertiary alicyclic amines) is 1. The van der Waals surface area contributed by atoms with Crippen molar-refractivity contribution in [2.24, 2.45) is 5.73 Å². The van der Waals surface area contributed by atoms with E-state index in [1.54, 1.807) is 12.1 Å². The Morgan fingerprint density at radius 3 is 2.75 bits per heavy atom. The second kappa shape index (κ2) is 7.85. The van der Waals surface area contributed by atoms with Crippen LogP contribution >= 0.6 is 0 Å². The molecule has 0 bridgehead atoms. The van der Waals surface area contributed by atoms with Gasteiger partial charge in [-0.15, -0.1) is 0 Å². The van der Waals surface area contributed by atoms with Crippen LogP contribution in [-0.2, 0) is 6.54 Å². The molecule has 0 spiro atoms. The predicted octanol–water partition coefficient (Wildman–Crippen LogP) is 3.71. The van der Waals surface area contributed by atoms with Crippen molar-refractivity contribution in [3.63, 3.8) is 0 Å². The standard InChI is InChI=1S/C21H26FN5O/c1-14(2)21-24-20(25-28-21)15-5-6-18(22)19(12-15)27-9-3-4-17(27)13-26-10-7-16(23)8-11-26/h3-6,9,12,14,16H,7-8,10-11,13,23H2,1-2H3. The third-order valence-electron chi connectivity index (χ3n) is 5.25. The molecule has 0 amide bonds. The molecule has 4 rings (SSSR count). The summed E-state index contributed by atoms with van der Waals surface area (Å²) in [6.45, 7) is 6.69. The minimum atomic E-state index is -0.283. The van der Waals surface area contributed by atoms with Crippen molar-refractivity contribution in [2.45, 2.75) is 45.2 Å². The molecule has 7 heteroatoms. The molecule has 2 N–H and O–H groups in total. The molecule has 1 aliphatic heterocycles. The summed E-state index contributed by atoms with van der Waals surface area (Å²) in [6.07, 6.45) is 3.89. The third-order valence-corrected chi connectivity index (χ3v) is 5.25. The first-order valence-electron chi connectivity index (χ1n) is 9.79. The number of piperidine rings is 1. The largest absolute Gasteiger partial charge is 0.339 e. The summed E-state index contributed by atoms with van der Waals surface area (Å²) < 4.78 is 21.9. The highest BCUT2D eigenvalue weighted by atomic mass is 19.1. The monoisotopic (exact) mass is 383 g/mol. The van der Waals surface area contributed by atoms with Crippen molar-refractivity contribution in [3.05, 3.63) is 53.9 Å². The van der Waals surface area contributed by atoms with Gasteiger partial charge in [0.1, 0.15) is 5.82 Å². The van der Waals surface area contributed by atoms with E-state index in [0.29, 0.717) is 23.4 Å². The molecule has 0 atom stereocenters. The van der Waals surface area contributed by atoms with Gasteiger partial charge in [0.15, 0.2) is 0 Å². The molecule has 148 valence electrons. The fourth-order valence-corrected chi connectivity index (χ4v) is 3.54. The van der Waals surface area contributed by atoms with Crippen molar-refractivity contribution in [2.75, 3.05) is 13.1 Å². The highest BCUT2D eigenvalue weighted by Gasteiger charge is 2.19. The van der Waals surface area contributed by atoms with Crippen LogP contribution in [-0.4, -0.2) is 38.7 Å². The SMILES string of the molecule is CC(C)c1nc(-c2ccc(F)c(-n3cccc3CN3CCC(N)CC3)c2)no1. The van der Waals surface area contributed by atoms with Crippen LogP contribution in [0.1, 0.15) is 44.2 Å². The average Bonchev–Trinajstić information content (AvgIpc) is 3.34. The first-order chi connectivity index (χ1) is 13.5. The van der Waals surface area contributed by atoms with Gasteiger partial charge in [-0.05, 0) is 43.2 Å². The molecule has 0 unspecified atom stereocenters. The minimum Gasteiger partial charge on any atom is -0.339 e. The molecular formula is C21H26FN5O. The molecule has 3 aromatic rings. The zero-order valence-electron chi connectivity index (χ0n) is 16.3. The highest BCUT2D eigenvalue weighted by Crippen LogP contribution is 2.26. The molecule has 0 aliphatic carbocycles. The number of halogens is 1. The summed E-state index contributed by atoms with van der Waals surface area (Å²) in [5.74, 6) is 0.916. The van der Waals surface area contributed by atoms with Crippen LogP contribution in [0.25, 0.3) is 17.1 Å². The van der Waals surface area contributed by atoms with E-state index in [9.17, 15) is 4.39 Å². The Hall–Kier alpha value is -2.51. The summed E-state index contributed by atoms with van der Waals surface area (Å²) in [5.41, 5.74) is 8.27. The minimum absolute atomic E-state index is 0.148. The van der Waals surface area contributed by atoms with Gasteiger partial charge in [0, 0.05) is 49.0 Å². The van der Waals surface area contributed by atoms with E-state index < -0.39 is 0 Å². The summed E-state index contributed by atoms with van der Waals surface area (Å²) in [7, 11) is 0. The van der Waals surface area contributed by atoms with Gasteiger partial charge in [0.2, 0.25) is 11.7 Å². The van der Waals surface area contributed by atoms with Gasteiger partial charge in [-0.2, -0.15) is 4.98 Å². The normalized spacial score (nSPS) is 16.2. The Kier molecular flexibility index (Phi) is 5.28. The zero-order valence-corrected chi connectivity index (χ0v) is 16.3.